The van der Waals surface area contributed by atoms with Crippen molar-refractivity contribution in [2.24, 2.45) is 5.92 Å². The van der Waals surface area contributed by atoms with Crippen molar-refractivity contribution < 1.29 is 5.11 Å². The Hall–Kier alpha value is -0.670. The van der Waals surface area contributed by atoms with Crippen molar-refractivity contribution in [2.45, 2.75) is 30.2 Å². The molecule has 1 aromatic rings. The van der Waals surface area contributed by atoms with Crippen molar-refractivity contribution in [1.82, 2.24) is 0 Å². The Morgan fingerprint density at radius 1 is 1.33 bits per heavy atom. The molecule has 2 nitrogen and oxygen atoms in total. The lowest BCUT2D eigenvalue weighted by atomic mass is 10.1. The largest absolute Gasteiger partial charge is 0.390 e. The van der Waals surface area contributed by atoms with Crippen molar-refractivity contribution in [1.29, 1.82) is 0 Å². The maximum Gasteiger partial charge on any atom is 0.106 e. The average molecular weight is 223 g/mol. The summed E-state index contributed by atoms with van der Waals surface area (Å²) in [6.07, 6.45) is -0.285. The highest BCUT2D eigenvalue weighted by Crippen LogP contribution is 2.44. The summed E-state index contributed by atoms with van der Waals surface area (Å²) < 4.78 is 0. The second-order valence-corrected chi connectivity index (χ2v) is 5.48. The van der Waals surface area contributed by atoms with E-state index in [2.05, 4.69) is 37.9 Å². The first-order valence-corrected chi connectivity index (χ1v) is 6.16. The minimum Gasteiger partial charge on any atom is -0.390 e. The second-order valence-electron chi connectivity index (χ2n) is 4.32. The quantitative estimate of drug-likeness (QED) is 0.833. The summed E-state index contributed by atoms with van der Waals surface area (Å²) in [6.45, 7) is 4.12. The minimum atomic E-state index is -0.285. The van der Waals surface area contributed by atoms with Crippen molar-refractivity contribution in [3.63, 3.8) is 0 Å². The summed E-state index contributed by atoms with van der Waals surface area (Å²) in [6, 6.07) is 8.31. The molecule has 0 bridgehead atoms. The third kappa shape index (κ3) is 1.86. The van der Waals surface area contributed by atoms with Crippen LogP contribution in [0.2, 0.25) is 0 Å². The van der Waals surface area contributed by atoms with Crippen LogP contribution < -0.4 is 4.90 Å². The van der Waals surface area contributed by atoms with Crippen molar-refractivity contribution in [2.75, 3.05) is 11.9 Å². The van der Waals surface area contributed by atoms with Crippen molar-refractivity contribution >= 4 is 17.4 Å². The lowest BCUT2D eigenvalue weighted by Gasteiger charge is -2.28. The predicted molar refractivity (Wildman–Crippen MR) is 65.3 cm³/mol. The molecule has 0 saturated heterocycles. The lowest BCUT2D eigenvalue weighted by molar-refractivity contribution is 0.123. The molecule has 3 heteroatoms. The van der Waals surface area contributed by atoms with E-state index >= 15 is 0 Å². The van der Waals surface area contributed by atoms with Crippen LogP contribution >= 0.6 is 11.8 Å². The number of fused-ring (bicyclic) bond motifs is 1. The zero-order valence-corrected chi connectivity index (χ0v) is 10.2. The van der Waals surface area contributed by atoms with Crippen LogP contribution in [0.4, 0.5) is 5.69 Å². The van der Waals surface area contributed by atoms with Crippen LogP contribution in [0.3, 0.4) is 0 Å². The first-order valence-electron chi connectivity index (χ1n) is 5.28. The number of anilines is 1. The molecule has 0 aromatic heterocycles. The fourth-order valence-electron chi connectivity index (χ4n) is 1.82. The highest BCUT2D eigenvalue weighted by Gasteiger charge is 2.33. The number of nitrogens with zero attached hydrogens (tertiary/aromatic N) is 1. The van der Waals surface area contributed by atoms with Gasteiger partial charge in [0.15, 0.2) is 0 Å². The first kappa shape index (κ1) is 10.8. The van der Waals surface area contributed by atoms with Gasteiger partial charge in [0.2, 0.25) is 0 Å². The van der Waals surface area contributed by atoms with Crippen LogP contribution in [0, 0.1) is 5.92 Å². The van der Waals surface area contributed by atoms with Gasteiger partial charge >= 0.3 is 0 Å². The van der Waals surface area contributed by atoms with Gasteiger partial charge in [0.05, 0.1) is 11.8 Å². The number of likely N-dealkylation sites (N-methyl/N-ethyl adjacent to an activating group) is 1. The van der Waals surface area contributed by atoms with Crippen LogP contribution in [0.15, 0.2) is 29.2 Å². The number of para-hydroxylation sites is 1. The van der Waals surface area contributed by atoms with Gasteiger partial charge in [0.25, 0.3) is 0 Å². The summed E-state index contributed by atoms with van der Waals surface area (Å²) in [7, 11) is 2.05. The Labute approximate surface area is 95.3 Å². The molecule has 15 heavy (non-hydrogen) atoms. The third-order valence-corrected chi connectivity index (χ3v) is 4.29. The summed E-state index contributed by atoms with van der Waals surface area (Å²) in [5.41, 5.74) is 1.23. The van der Waals surface area contributed by atoms with Gasteiger partial charge < -0.3 is 10.0 Å². The standard InChI is InChI=1S/C12H17NOS/c1-8(2)11(14)12-13(3)9-6-4-5-7-10(9)15-12/h4-8,11-12,14H,1-3H3. The molecule has 0 spiro atoms. The maximum absolute atomic E-state index is 10.1. The predicted octanol–water partition coefficient (Wildman–Crippen LogP) is 2.57. The molecule has 1 N–H and O–H groups in total. The van der Waals surface area contributed by atoms with Crippen molar-refractivity contribution in [3.05, 3.63) is 24.3 Å². The van der Waals surface area contributed by atoms with E-state index in [4.69, 9.17) is 0 Å². The molecule has 1 aromatic carbocycles. The van der Waals surface area contributed by atoms with E-state index in [9.17, 15) is 5.11 Å². The van der Waals surface area contributed by atoms with E-state index in [0.29, 0.717) is 5.92 Å². The number of hydrogen-bond donors (Lipinski definition) is 1. The zero-order chi connectivity index (χ0) is 11.0. The number of aliphatic hydroxyl groups excluding tert-OH is 1. The Morgan fingerprint density at radius 2 is 2.00 bits per heavy atom. The second kappa shape index (κ2) is 4.06. The van der Waals surface area contributed by atoms with E-state index in [1.54, 1.807) is 11.8 Å². The maximum atomic E-state index is 10.1. The summed E-state index contributed by atoms with van der Waals surface area (Å²) in [5.74, 6) is 0.291. The van der Waals surface area contributed by atoms with Crippen LogP contribution in [0.5, 0.6) is 0 Å². The van der Waals surface area contributed by atoms with Gasteiger partial charge in [0, 0.05) is 11.9 Å². The van der Waals surface area contributed by atoms with Crippen LogP contribution in [0.1, 0.15) is 13.8 Å². The Balaban J connectivity index is 2.23. The van der Waals surface area contributed by atoms with Gasteiger partial charge in [-0.25, -0.2) is 0 Å². The molecule has 2 rings (SSSR count). The number of aliphatic hydroxyl groups is 1. The Bertz CT molecular complexity index is 353. The number of rotatable bonds is 2. The number of hydrogen-bond acceptors (Lipinski definition) is 3. The van der Waals surface area contributed by atoms with Gasteiger partial charge in [-0.05, 0) is 18.1 Å². The molecule has 82 valence electrons. The SMILES string of the molecule is CC(C)C(O)C1Sc2ccccc2N1C. The molecular weight excluding hydrogens is 206 g/mol. The topological polar surface area (TPSA) is 23.5 Å². The fraction of sp³-hybridized carbons (Fsp3) is 0.500. The van der Waals surface area contributed by atoms with Crippen LogP contribution in [-0.2, 0) is 0 Å². The van der Waals surface area contributed by atoms with Gasteiger partial charge in [-0.15, -0.1) is 0 Å². The Morgan fingerprint density at radius 3 is 2.60 bits per heavy atom. The lowest BCUT2D eigenvalue weighted by Crippen LogP contribution is -2.38. The van der Waals surface area contributed by atoms with Crippen LogP contribution in [-0.4, -0.2) is 23.6 Å². The zero-order valence-electron chi connectivity index (χ0n) is 9.34. The van der Waals surface area contributed by atoms with Gasteiger partial charge in [-0.3, -0.25) is 0 Å². The highest BCUT2D eigenvalue weighted by atomic mass is 32.2. The van der Waals surface area contributed by atoms with Gasteiger partial charge in [-0.2, -0.15) is 0 Å². The number of benzene rings is 1. The monoisotopic (exact) mass is 223 g/mol. The highest BCUT2D eigenvalue weighted by molar-refractivity contribution is 8.00. The van der Waals surface area contributed by atoms with E-state index in [0.717, 1.165) is 0 Å². The molecule has 0 radical (unpaired) electrons. The first-order chi connectivity index (χ1) is 7.11. The van der Waals surface area contributed by atoms with Gasteiger partial charge in [-0.1, -0.05) is 37.7 Å². The molecule has 0 aliphatic carbocycles. The summed E-state index contributed by atoms with van der Waals surface area (Å²) >= 11 is 1.76. The molecule has 1 aliphatic rings. The Kier molecular flexibility index (Phi) is 2.94. The molecule has 1 heterocycles. The molecular formula is C12H17NOS. The van der Waals surface area contributed by atoms with E-state index < -0.39 is 0 Å². The van der Waals surface area contributed by atoms with E-state index in [1.807, 2.05) is 12.1 Å². The summed E-state index contributed by atoms with van der Waals surface area (Å²) in [5, 5.41) is 10.3. The minimum absolute atomic E-state index is 0.155. The van der Waals surface area contributed by atoms with Gasteiger partial charge in [0.1, 0.15) is 5.37 Å². The molecule has 2 atom stereocenters. The molecule has 0 fully saturated rings. The van der Waals surface area contributed by atoms with E-state index in [-0.39, 0.29) is 11.5 Å². The van der Waals surface area contributed by atoms with Crippen LogP contribution in [0.25, 0.3) is 0 Å². The average Bonchev–Trinajstić information content (AvgIpc) is 2.56. The van der Waals surface area contributed by atoms with E-state index in [1.165, 1.54) is 10.6 Å². The third-order valence-electron chi connectivity index (χ3n) is 2.85. The normalized spacial score (nSPS) is 21.9. The molecule has 2 unspecified atom stereocenters. The number of thioether (sulfide) groups is 1. The molecule has 1 aliphatic heterocycles. The fourth-order valence-corrected chi connectivity index (χ4v) is 3.30. The summed E-state index contributed by atoms with van der Waals surface area (Å²) in [4.78, 5) is 3.44. The smallest absolute Gasteiger partial charge is 0.106 e. The van der Waals surface area contributed by atoms with Crippen molar-refractivity contribution in [3.8, 4) is 0 Å². The molecule has 0 amide bonds. The molecule has 0 saturated carbocycles.